The summed E-state index contributed by atoms with van der Waals surface area (Å²) in [4.78, 5) is 36.8. The summed E-state index contributed by atoms with van der Waals surface area (Å²) in [5.74, 6) is -0.520. The average Bonchev–Trinajstić information content (AvgIpc) is 2.92. The predicted octanol–water partition coefficient (Wildman–Crippen LogP) is 4.75. The molecule has 0 N–H and O–H groups in total. The lowest BCUT2D eigenvalue weighted by Crippen LogP contribution is -2.65. The molecular formula is C24H33FO4. The van der Waals surface area contributed by atoms with Gasteiger partial charge in [-0.3, -0.25) is 14.4 Å². The van der Waals surface area contributed by atoms with Gasteiger partial charge in [0.25, 0.3) is 0 Å². The number of allylic oxidation sites excluding steroid dienone is 1. The molecule has 0 amide bonds. The fraction of sp³-hybridized carbons (Fsp3) is 0.792. The summed E-state index contributed by atoms with van der Waals surface area (Å²) >= 11 is 0. The molecule has 0 aromatic heterocycles. The van der Waals surface area contributed by atoms with Crippen LogP contribution in [0.15, 0.2) is 11.6 Å². The highest BCUT2D eigenvalue weighted by Gasteiger charge is 2.73. The third-order valence-electron chi connectivity index (χ3n) is 9.40. The molecule has 0 aliphatic heterocycles. The molecule has 4 rings (SSSR count). The second kappa shape index (κ2) is 6.24. The van der Waals surface area contributed by atoms with Crippen molar-refractivity contribution in [2.75, 3.05) is 0 Å². The molecule has 0 spiro atoms. The average molecular weight is 405 g/mol. The third kappa shape index (κ3) is 2.45. The molecule has 4 aliphatic rings. The molecule has 0 saturated heterocycles. The summed E-state index contributed by atoms with van der Waals surface area (Å²) in [5.41, 5.74) is -2.74. The molecule has 5 heteroatoms. The van der Waals surface area contributed by atoms with Crippen molar-refractivity contribution < 1.29 is 23.5 Å². The molecule has 3 fully saturated rings. The summed E-state index contributed by atoms with van der Waals surface area (Å²) in [6.07, 6.45) is 5.38. The summed E-state index contributed by atoms with van der Waals surface area (Å²) < 4.78 is 22.8. The number of alkyl halides is 1. The lowest BCUT2D eigenvalue weighted by molar-refractivity contribution is -0.201. The van der Waals surface area contributed by atoms with E-state index in [1.54, 1.807) is 6.08 Å². The van der Waals surface area contributed by atoms with Crippen LogP contribution < -0.4 is 0 Å². The number of ether oxygens (including phenoxy) is 1. The highest BCUT2D eigenvalue weighted by molar-refractivity contribution is 5.92. The van der Waals surface area contributed by atoms with Gasteiger partial charge in [-0.05, 0) is 69.3 Å². The van der Waals surface area contributed by atoms with Crippen LogP contribution in [0.5, 0.6) is 0 Å². The SMILES string of the molecule is CC(=O)O[C@]1(C(C)=O)CC[C@H]2[C@@H]3CC(C)C4=CC(=O)CC[C@]4(C)[C@@]3(F)CC[C@@]21C. The molecule has 29 heavy (non-hydrogen) atoms. The van der Waals surface area contributed by atoms with Crippen molar-refractivity contribution in [2.24, 2.45) is 28.6 Å². The number of ketones is 2. The quantitative estimate of drug-likeness (QED) is 0.623. The van der Waals surface area contributed by atoms with Gasteiger partial charge in [-0.1, -0.05) is 26.3 Å². The largest absolute Gasteiger partial charge is 0.451 e. The van der Waals surface area contributed by atoms with E-state index in [1.165, 1.54) is 13.8 Å². The molecule has 0 bridgehead atoms. The molecule has 0 radical (unpaired) electrons. The molecular weight excluding hydrogens is 371 g/mol. The maximum atomic E-state index is 17.0. The minimum atomic E-state index is -1.39. The van der Waals surface area contributed by atoms with Crippen LogP contribution in [0.2, 0.25) is 0 Å². The Labute approximate surface area is 172 Å². The first-order valence-electron chi connectivity index (χ1n) is 11.1. The lowest BCUT2D eigenvalue weighted by atomic mass is 9.43. The standard InChI is InChI=1S/C24H33FO4/c1-14-12-20-18-7-9-24(15(2)26,29-16(3)27)22(18,5)10-11-23(20,25)21(4)8-6-17(28)13-19(14)21/h13-14,18,20H,6-12H2,1-5H3/t14?,18-,20-,21-,22-,23+,24-/m0/s1. The minimum absolute atomic E-state index is 0.0112. The zero-order chi connectivity index (χ0) is 21.4. The van der Waals surface area contributed by atoms with Crippen molar-refractivity contribution in [3.8, 4) is 0 Å². The Balaban J connectivity index is 1.79. The minimum Gasteiger partial charge on any atom is -0.451 e. The van der Waals surface area contributed by atoms with Crippen molar-refractivity contribution in [1.29, 1.82) is 0 Å². The molecule has 0 heterocycles. The Morgan fingerprint density at radius 2 is 1.79 bits per heavy atom. The number of carbonyl (C=O) groups excluding carboxylic acids is 3. The van der Waals surface area contributed by atoms with E-state index >= 15 is 4.39 Å². The Kier molecular flexibility index (Phi) is 4.46. The highest BCUT2D eigenvalue weighted by Crippen LogP contribution is 2.71. The summed E-state index contributed by atoms with van der Waals surface area (Å²) in [7, 11) is 0. The van der Waals surface area contributed by atoms with Crippen LogP contribution >= 0.6 is 0 Å². The number of hydrogen-bond acceptors (Lipinski definition) is 4. The van der Waals surface area contributed by atoms with Crippen molar-refractivity contribution >= 4 is 17.5 Å². The Hall–Kier alpha value is -1.52. The first kappa shape index (κ1) is 20.7. The maximum absolute atomic E-state index is 17.0. The number of fused-ring (bicyclic) bond motifs is 5. The first-order chi connectivity index (χ1) is 13.4. The van der Waals surface area contributed by atoms with Gasteiger partial charge in [-0.2, -0.15) is 0 Å². The summed E-state index contributed by atoms with van der Waals surface area (Å²) in [6.45, 7) is 9.01. The number of esters is 1. The van der Waals surface area contributed by atoms with Crippen LogP contribution in [0.1, 0.15) is 79.6 Å². The number of hydrogen-bond donors (Lipinski definition) is 0. The topological polar surface area (TPSA) is 60.4 Å². The van der Waals surface area contributed by atoms with Crippen molar-refractivity contribution in [2.45, 2.75) is 90.8 Å². The van der Waals surface area contributed by atoms with Gasteiger partial charge >= 0.3 is 5.97 Å². The molecule has 7 atom stereocenters. The Bertz CT molecular complexity index is 818. The number of halogens is 1. The van der Waals surface area contributed by atoms with Crippen molar-refractivity contribution in [3.05, 3.63) is 11.6 Å². The Morgan fingerprint density at radius 1 is 1.10 bits per heavy atom. The first-order valence-corrected chi connectivity index (χ1v) is 11.1. The fourth-order valence-electron chi connectivity index (χ4n) is 7.90. The van der Waals surface area contributed by atoms with Gasteiger partial charge in [0, 0.05) is 24.2 Å². The van der Waals surface area contributed by atoms with Crippen LogP contribution in [-0.4, -0.2) is 28.8 Å². The fourth-order valence-corrected chi connectivity index (χ4v) is 7.90. The molecule has 4 aliphatic carbocycles. The zero-order valence-corrected chi connectivity index (χ0v) is 18.3. The van der Waals surface area contributed by atoms with E-state index in [9.17, 15) is 14.4 Å². The van der Waals surface area contributed by atoms with Gasteiger partial charge in [-0.25, -0.2) is 4.39 Å². The van der Waals surface area contributed by atoms with E-state index < -0.39 is 28.1 Å². The van der Waals surface area contributed by atoms with Crippen molar-refractivity contribution in [3.63, 3.8) is 0 Å². The lowest BCUT2D eigenvalue weighted by Gasteiger charge is -2.63. The molecule has 160 valence electrons. The zero-order valence-electron chi connectivity index (χ0n) is 18.3. The van der Waals surface area contributed by atoms with Gasteiger partial charge in [0.2, 0.25) is 0 Å². The monoisotopic (exact) mass is 404 g/mol. The second-order valence-electron chi connectivity index (χ2n) is 10.5. The van der Waals surface area contributed by atoms with Crippen LogP contribution in [0.4, 0.5) is 4.39 Å². The molecule has 1 unspecified atom stereocenters. The molecule has 0 aromatic carbocycles. The van der Waals surface area contributed by atoms with Gasteiger partial charge in [-0.15, -0.1) is 0 Å². The molecule has 3 saturated carbocycles. The number of carbonyl (C=O) groups is 3. The highest BCUT2D eigenvalue weighted by atomic mass is 19.1. The second-order valence-corrected chi connectivity index (χ2v) is 10.5. The predicted molar refractivity (Wildman–Crippen MR) is 107 cm³/mol. The van der Waals surface area contributed by atoms with Gasteiger partial charge in [0.1, 0.15) is 5.67 Å². The smallest absolute Gasteiger partial charge is 0.303 e. The summed E-state index contributed by atoms with van der Waals surface area (Å²) in [5, 5.41) is 0. The van der Waals surface area contributed by atoms with Crippen LogP contribution in [0.25, 0.3) is 0 Å². The molecule has 4 nitrogen and oxygen atoms in total. The van der Waals surface area contributed by atoms with Crippen LogP contribution in [0.3, 0.4) is 0 Å². The van der Waals surface area contributed by atoms with E-state index in [0.717, 1.165) is 5.57 Å². The van der Waals surface area contributed by atoms with Crippen molar-refractivity contribution in [1.82, 2.24) is 0 Å². The number of rotatable bonds is 2. The summed E-state index contributed by atoms with van der Waals surface area (Å²) in [6, 6.07) is 0. The maximum Gasteiger partial charge on any atom is 0.303 e. The van der Waals surface area contributed by atoms with Gasteiger partial charge in [0.15, 0.2) is 17.2 Å². The van der Waals surface area contributed by atoms with E-state index in [1.807, 2.05) is 13.8 Å². The molecule has 0 aromatic rings. The normalized spacial score (nSPS) is 48.8. The number of Topliss-reactive ketones (excluding diaryl/α,β-unsaturated/α-hetero) is 1. The van der Waals surface area contributed by atoms with E-state index in [2.05, 4.69) is 6.92 Å². The van der Waals surface area contributed by atoms with Gasteiger partial charge < -0.3 is 4.74 Å². The van der Waals surface area contributed by atoms with E-state index in [4.69, 9.17) is 4.74 Å². The third-order valence-corrected chi connectivity index (χ3v) is 9.40. The van der Waals surface area contributed by atoms with Gasteiger partial charge in [0.05, 0.1) is 0 Å². The Morgan fingerprint density at radius 3 is 2.41 bits per heavy atom. The van der Waals surface area contributed by atoms with E-state index in [-0.39, 0.29) is 29.3 Å². The van der Waals surface area contributed by atoms with E-state index in [0.29, 0.717) is 44.9 Å². The van der Waals surface area contributed by atoms with Crippen LogP contribution in [0, 0.1) is 28.6 Å². The van der Waals surface area contributed by atoms with Crippen LogP contribution in [-0.2, 0) is 19.1 Å².